The molecule has 1 unspecified atom stereocenters. The van der Waals surface area contributed by atoms with E-state index in [2.05, 4.69) is 10.1 Å². The van der Waals surface area contributed by atoms with Gasteiger partial charge in [0.25, 0.3) is 0 Å². The Morgan fingerprint density at radius 1 is 1.35 bits per heavy atom. The van der Waals surface area contributed by atoms with E-state index in [1.54, 1.807) is 6.07 Å². The lowest BCUT2D eigenvalue weighted by atomic mass is 9.98. The zero-order valence-corrected chi connectivity index (χ0v) is 9.61. The van der Waals surface area contributed by atoms with E-state index in [4.69, 9.17) is 11.6 Å². The minimum atomic E-state index is -4.68. The van der Waals surface area contributed by atoms with Gasteiger partial charge in [-0.1, -0.05) is 17.7 Å². The minimum Gasteiger partial charge on any atom is -0.406 e. The van der Waals surface area contributed by atoms with E-state index in [0.29, 0.717) is 5.02 Å². The highest BCUT2D eigenvalue weighted by atomic mass is 35.5. The smallest absolute Gasteiger partial charge is 0.406 e. The maximum Gasteiger partial charge on any atom is 0.573 e. The summed E-state index contributed by atoms with van der Waals surface area (Å²) in [6.07, 6.45) is -3.74. The van der Waals surface area contributed by atoms with E-state index in [1.165, 1.54) is 12.1 Å². The Bertz CT molecular complexity index is 402. The van der Waals surface area contributed by atoms with E-state index in [1.807, 2.05) is 0 Å². The SMILES string of the molecule is FC(F)(F)Oc1ccc(C2CCNC2)c(Cl)c1. The van der Waals surface area contributed by atoms with E-state index >= 15 is 0 Å². The summed E-state index contributed by atoms with van der Waals surface area (Å²) in [5.41, 5.74) is 0.867. The number of hydrogen-bond donors (Lipinski definition) is 1. The van der Waals surface area contributed by atoms with Gasteiger partial charge in [-0.2, -0.15) is 0 Å². The fourth-order valence-electron chi connectivity index (χ4n) is 1.96. The Morgan fingerprint density at radius 2 is 2.12 bits per heavy atom. The lowest BCUT2D eigenvalue weighted by Crippen LogP contribution is -2.17. The van der Waals surface area contributed by atoms with Crippen molar-refractivity contribution in [1.82, 2.24) is 5.32 Å². The van der Waals surface area contributed by atoms with Gasteiger partial charge in [-0.3, -0.25) is 0 Å². The fraction of sp³-hybridized carbons (Fsp3) is 0.455. The summed E-state index contributed by atoms with van der Waals surface area (Å²) in [6.45, 7) is 1.71. The van der Waals surface area contributed by atoms with Gasteiger partial charge in [0.05, 0.1) is 0 Å². The number of hydrogen-bond acceptors (Lipinski definition) is 2. The van der Waals surface area contributed by atoms with Crippen LogP contribution < -0.4 is 10.1 Å². The first-order valence-corrected chi connectivity index (χ1v) is 5.59. The van der Waals surface area contributed by atoms with Crippen LogP contribution in [0.15, 0.2) is 18.2 Å². The van der Waals surface area contributed by atoms with Crippen molar-refractivity contribution in [3.63, 3.8) is 0 Å². The number of nitrogens with one attached hydrogen (secondary N) is 1. The van der Waals surface area contributed by atoms with Crippen molar-refractivity contribution < 1.29 is 17.9 Å². The highest BCUT2D eigenvalue weighted by Crippen LogP contribution is 2.33. The maximum absolute atomic E-state index is 12.0. The van der Waals surface area contributed by atoms with Crippen LogP contribution in [0.3, 0.4) is 0 Å². The van der Waals surface area contributed by atoms with Crippen LogP contribution >= 0.6 is 11.6 Å². The molecule has 1 aliphatic rings. The third-order valence-corrected chi connectivity index (χ3v) is 3.03. The molecule has 1 saturated heterocycles. The van der Waals surface area contributed by atoms with Crippen molar-refractivity contribution >= 4 is 11.6 Å². The maximum atomic E-state index is 12.0. The second-order valence-electron chi connectivity index (χ2n) is 3.92. The molecule has 1 N–H and O–H groups in total. The molecule has 0 aromatic heterocycles. The first kappa shape index (κ1) is 12.5. The topological polar surface area (TPSA) is 21.3 Å². The highest BCUT2D eigenvalue weighted by molar-refractivity contribution is 6.31. The van der Waals surface area contributed by atoms with Gasteiger partial charge in [0.2, 0.25) is 0 Å². The second kappa shape index (κ2) is 4.74. The van der Waals surface area contributed by atoms with Crippen LogP contribution in [-0.2, 0) is 0 Å². The molecule has 1 aromatic carbocycles. The Hall–Kier alpha value is -0.940. The zero-order valence-electron chi connectivity index (χ0n) is 8.85. The van der Waals surface area contributed by atoms with Crippen LogP contribution in [0.2, 0.25) is 5.02 Å². The summed E-state index contributed by atoms with van der Waals surface area (Å²) in [4.78, 5) is 0. The van der Waals surface area contributed by atoms with Crippen LogP contribution in [-0.4, -0.2) is 19.5 Å². The largest absolute Gasteiger partial charge is 0.573 e. The molecule has 0 saturated carbocycles. The molecule has 1 fully saturated rings. The van der Waals surface area contributed by atoms with Crippen molar-refractivity contribution in [1.29, 1.82) is 0 Å². The number of ether oxygens (including phenoxy) is 1. The van der Waals surface area contributed by atoms with Crippen LogP contribution in [0.5, 0.6) is 5.75 Å². The average molecular weight is 266 g/mol. The Labute approximate surface area is 102 Å². The Balaban J connectivity index is 2.16. The van der Waals surface area contributed by atoms with Crippen molar-refractivity contribution in [2.45, 2.75) is 18.7 Å². The average Bonchev–Trinajstić information content (AvgIpc) is 2.68. The monoisotopic (exact) mass is 265 g/mol. The van der Waals surface area contributed by atoms with Crippen molar-refractivity contribution in [2.75, 3.05) is 13.1 Å². The van der Waals surface area contributed by atoms with E-state index in [-0.39, 0.29) is 11.7 Å². The van der Waals surface area contributed by atoms with Gasteiger partial charge < -0.3 is 10.1 Å². The summed E-state index contributed by atoms with van der Waals surface area (Å²) < 4.78 is 39.8. The second-order valence-corrected chi connectivity index (χ2v) is 4.33. The third kappa shape index (κ3) is 3.26. The number of benzene rings is 1. The number of alkyl halides is 3. The minimum absolute atomic E-state index is 0.266. The summed E-state index contributed by atoms with van der Waals surface area (Å²) in [5, 5.41) is 3.50. The zero-order chi connectivity index (χ0) is 12.5. The number of halogens is 4. The first-order chi connectivity index (χ1) is 7.96. The molecule has 6 heteroatoms. The standard InChI is InChI=1S/C11H11ClF3NO/c12-10-5-8(17-11(13,14)15)1-2-9(10)7-3-4-16-6-7/h1-2,5,7,16H,3-4,6H2. The molecule has 0 amide bonds. The lowest BCUT2D eigenvalue weighted by molar-refractivity contribution is -0.274. The fourth-order valence-corrected chi connectivity index (χ4v) is 2.28. The molecule has 0 radical (unpaired) electrons. The predicted octanol–water partition coefficient (Wildman–Crippen LogP) is 3.32. The van der Waals surface area contributed by atoms with Gasteiger partial charge >= 0.3 is 6.36 Å². The molecule has 1 atom stereocenters. The third-order valence-electron chi connectivity index (χ3n) is 2.71. The predicted molar refractivity (Wildman–Crippen MR) is 58.4 cm³/mol. The molecule has 0 spiro atoms. The van der Waals surface area contributed by atoms with E-state index in [9.17, 15) is 13.2 Å². The summed E-state index contributed by atoms with van der Waals surface area (Å²) in [5.74, 6) is -0.0142. The summed E-state index contributed by atoms with van der Waals surface area (Å²) in [6, 6.07) is 4.11. The Morgan fingerprint density at radius 3 is 2.65 bits per heavy atom. The van der Waals surface area contributed by atoms with Crippen LogP contribution in [0.4, 0.5) is 13.2 Å². The molecule has 0 aliphatic carbocycles. The highest BCUT2D eigenvalue weighted by Gasteiger charge is 2.31. The van der Waals surface area contributed by atoms with E-state index in [0.717, 1.165) is 25.1 Å². The van der Waals surface area contributed by atoms with Gasteiger partial charge in [0, 0.05) is 11.6 Å². The van der Waals surface area contributed by atoms with Crippen molar-refractivity contribution in [3.8, 4) is 5.75 Å². The summed E-state index contributed by atoms with van der Waals surface area (Å²) >= 11 is 5.96. The van der Waals surface area contributed by atoms with Crippen molar-refractivity contribution in [2.24, 2.45) is 0 Å². The van der Waals surface area contributed by atoms with Gasteiger partial charge in [0.1, 0.15) is 5.75 Å². The molecular formula is C11H11ClF3NO. The molecular weight excluding hydrogens is 255 g/mol. The van der Waals surface area contributed by atoms with Gasteiger partial charge in [0.15, 0.2) is 0 Å². The summed E-state index contributed by atoms with van der Waals surface area (Å²) in [7, 11) is 0. The molecule has 2 rings (SSSR count). The number of rotatable bonds is 2. The quantitative estimate of drug-likeness (QED) is 0.886. The molecule has 1 aliphatic heterocycles. The van der Waals surface area contributed by atoms with Gasteiger partial charge in [-0.25, -0.2) is 0 Å². The molecule has 17 heavy (non-hydrogen) atoms. The molecule has 94 valence electrons. The lowest BCUT2D eigenvalue weighted by Gasteiger charge is -2.13. The first-order valence-electron chi connectivity index (χ1n) is 5.21. The molecule has 0 bridgehead atoms. The van der Waals surface area contributed by atoms with Crippen LogP contribution in [0.1, 0.15) is 17.9 Å². The van der Waals surface area contributed by atoms with Crippen LogP contribution in [0.25, 0.3) is 0 Å². The van der Waals surface area contributed by atoms with Gasteiger partial charge in [-0.15, -0.1) is 13.2 Å². The molecule has 1 aromatic rings. The van der Waals surface area contributed by atoms with Crippen LogP contribution in [0, 0.1) is 0 Å². The normalized spacial score (nSPS) is 20.6. The Kier molecular flexibility index (Phi) is 3.49. The molecule has 1 heterocycles. The van der Waals surface area contributed by atoms with E-state index < -0.39 is 6.36 Å². The van der Waals surface area contributed by atoms with Crippen molar-refractivity contribution in [3.05, 3.63) is 28.8 Å². The van der Waals surface area contributed by atoms with Gasteiger partial charge in [-0.05, 0) is 36.6 Å². The molecule has 2 nitrogen and oxygen atoms in total.